The zero-order valence-corrected chi connectivity index (χ0v) is 16.2. The molecule has 0 aliphatic carbocycles. The third kappa shape index (κ3) is 5.20. The van der Waals surface area contributed by atoms with Crippen LogP contribution in [0.5, 0.6) is 0 Å². The standard InChI is InChI=1S/C19H19ClFN3O2S/c20-14-4-5-17(21)16(11-14)19(26)24-9-7-23(8-10-24)18(25)13-27-12-15-3-1-2-6-22-15/h1-6,11H,7-10,12-13H2. The average Bonchev–Trinajstić information content (AvgIpc) is 2.70. The average molecular weight is 408 g/mol. The molecule has 0 unspecified atom stereocenters. The van der Waals surface area contributed by atoms with Gasteiger partial charge in [0.25, 0.3) is 5.91 Å². The molecule has 0 N–H and O–H groups in total. The van der Waals surface area contributed by atoms with Crippen molar-refractivity contribution in [3.05, 3.63) is 64.7 Å². The maximum atomic E-state index is 13.9. The third-order valence-corrected chi connectivity index (χ3v) is 5.47. The molecule has 0 saturated carbocycles. The molecule has 0 bridgehead atoms. The Hall–Kier alpha value is -2.12. The molecule has 3 rings (SSSR count). The number of carbonyl (C=O) groups excluding carboxylic acids is 2. The lowest BCUT2D eigenvalue weighted by molar-refractivity contribution is -0.129. The van der Waals surface area contributed by atoms with Crippen LogP contribution < -0.4 is 0 Å². The smallest absolute Gasteiger partial charge is 0.257 e. The number of aromatic nitrogens is 1. The molecule has 5 nitrogen and oxygen atoms in total. The van der Waals surface area contributed by atoms with E-state index >= 15 is 0 Å². The summed E-state index contributed by atoms with van der Waals surface area (Å²) in [5, 5.41) is 0.318. The summed E-state index contributed by atoms with van der Waals surface area (Å²) in [7, 11) is 0. The number of amides is 2. The highest BCUT2D eigenvalue weighted by Gasteiger charge is 2.26. The number of pyridine rings is 1. The Bertz CT molecular complexity index is 814. The van der Waals surface area contributed by atoms with Gasteiger partial charge in [0.15, 0.2) is 0 Å². The van der Waals surface area contributed by atoms with Gasteiger partial charge in [-0.15, -0.1) is 11.8 Å². The minimum Gasteiger partial charge on any atom is -0.338 e. The van der Waals surface area contributed by atoms with Crippen molar-refractivity contribution in [2.24, 2.45) is 0 Å². The number of hydrogen-bond donors (Lipinski definition) is 0. The number of halogens is 2. The molecule has 1 aromatic heterocycles. The van der Waals surface area contributed by atoms with Crippen molar-refractivity contribution in [3.63, 3.8) is 0 Å². The van der Waals surface area contributed by atoms with E-state index in [4.69, 9.17) is 11.6 Å². The molecular formula is C19H19ClFN3O2S. The molecule has 1 saturated heterocycles. The van der Waals surface area contributed by atoms with E-state index in [0.717, 1.165) is 5.69 Å². The highest BCUT2D eigenvalue weighted by atomic mass is 35.5. The van der Waals surface area contributed by atoms with Gasteiger partial charge in [0.05, 0.1) is 17.0 Å². The van der Waals surface area contributed by atoms with E-state index in [2.05, 4.69) is 4.98 Å². The van der Waals surface area contributed by atoms with Crippen molar-refractivity contribution in [2.45, 2.75) is 5.75 Å². The fraction of sp³-hybridized carbons (Fsp3) is 0.316. The Morgan fingerprint density at radius 3 is 2.56 bits per heavy atom. The number of carbonyl (C=O) groups is 2. The van der Waals surface area contributed by atoms with E-state index < -0.39 is 11.7 Å². The van der Waals surface area contributed by atoms with Crippen LogP contribution in [-0.4, -0.2) is 58.5 Å². The van der Waals surface area contributed by atoms with Gasteiger partial charge < -0.3 is 9.80 Å². The first kappa shape index (κ1) is 19.6. The third-order valence-electron chi connectivity index (χ3n) is 4.28. The molecule has 1 aliphatic rings. The lowest BCUT2D eigenvalue weighted by Crippen LogP contribution is -2.51. The van der Waals surface area contributed by atoms with Crippen molar-refractivity contribution < 1.29 is 14.0 Å². The van der Waals surface area contributed by atoms with Crippen LogP contribution in [0.15, 0.2) is 42.6 Å². The molecule has 2 aromatic rings. The lowest BCUT2D eigenvalue weighted by Gasteiger charge is -2.34. The molecule has 8 heteroatoms. The lowest BCUT2D eigenvalue weighted by atomic mass is 10.1. The highest BCUT2D eigenvalue weighted by Crippen LogP contribution is 2.18. The monoisotopic (exact) mass is 407 g/mol. The Balaban J connectivity index is 1.47. The van der Waals surface area contributed by atoms with Crippen molar-refractivity contribution >= 4 is 35.2 Å². The predicted octanol–water partition coefficient (Wildman–Crippen LogP) is 3.09. The first-order valence-corrected chi connectivity index (χ1v) is 10.1. The second kappa shape index (κ2) is 9.19. The molecule has 27 heavy (non-hydrogen) atoms. The quantitative estimate of drug-likeness (QED) is 0.764. The number of thioether (sulfide) groups is 1. The molecular weight excluding hydrogens is 389 g/mol. The first-order valence-electron chi connectivity index (χ1n) is 8.54. The summed E-state index contributed by atoms with van der Waals surface area (Å²) >= 11 is 7.38. The maximum Gasteiger partial charge on any atom is 0.257 e. The topological polar surface area (TPSA) is 53.5 Å². The number of hydrogen-bond acceptors (Lipinski definition) is 4. The number of benzene rings is 1. The zero-order valence-electron chi connectivity index (χ0n) is 14.6. The van der Waals surface area contributed by atoms with E-state index in [1.165, 1.54) is 30.0 Å². The van der Waals surface area contributed by atoms with E-state index in [-0.39, 0.29) is 11.5 Å². The summed E-state index contributed by atoms with van der Waals surface area (Å²) in [5.74, 6) is 0.101. The Labute approximate surface area is 166 Å². The molecule has 0 spiro atoms. The van der Waals surface area contributed by atoms with E-state index in [9.17, 15) is 14.0 Å². The van der Waals surface area contributed by atoms with Gasteiger partial charge in [0.1, 0.15) is 5.82 Å². The largest absolute Gasteiger partial charge is 0.338 e. The van der Waals surface area contributed by atoms with Crippen molar-refractivity contribution in [1.29, 1.82) is 0 Å². The Morgan fingerprint density at radius 1 is 1.11 bits per heavy atom. The normalized spacial score (nSPS) is 14.3. The van der Waals surface area contributed by atoms with E-state index in [1.54, 1.807) is 16.0 Å². The highest BCUT2D eigenvalue weighted by molar-refractivity contribution is 7.99. The number of rotatable bonds is 5. The van der Waals surface area contributed by atoms with Crippen LogP contribution in [0.3, 0.4) is 0 Å². The van der Waals surface area contributed by atoms with Crippen LogP contribution in [0.1, 0.15) is 16.1 Å². The Kier molecular flexibility index (Phi) is 6.68. The van der Waals surface area contributed by atoms with Crippen molar-refractivity contribution in [2.75, 3.05) is 31.9 Å². The summed E-state index contributed by atoms with van der Waals surface area (Å²) in [6.07, 6.45) is 1.73. The van der Waals surface area contributed by atoms with Gasteiger partial charge in [-0.25, -0.2) is 4.39 Å². The molecule has 2 heterocycles. The zero-order chi connectivity index (χ0) is 19.2. The van der Waals surface area contributed by atoms with Crippen LogP contribution in [0.2, 0.25) is 5.02 Å². The second-order valence-corrected chi connectivity index (χ2v) is 7.53. The fourth-order valence-electron chi connectivity index (χ4n) is 2.81. The SMILES string of the molecule is O=C(CSCc1ccccn1)N1CCN(C(=O)c2cc(Cl)ccc2F)CC1. The summed E-state index contributed by atoms with van der Waals surface area (Å²) in [6, 6.07) is 9.64. The molecule has 1 aliphatic heterocycles. The molecule has 2 amide bonds. The molecule has 142 valence electrons. The molecule has 0 atom stereocenters. The van der Waals surface area contributed by atoms with Gasteiger partial charge in [0, 0.05) is 43.2 Å². The second-order valence-electron chi connectivity index (χ2n) is 6.11. The van der Waals surface area contributed by atoms with Crippen LogP contribution in [-0.2, 0) is 10.5 Å². The number of nitrogens with zero attached hydrogens (tertiary/aromatic N) is 3. The van der Waals surface area contributed by atoms with Crippen LogP contribution in [0.25, 0.3) is 0 Å². The fourth-order valence-corrected chi connectivity index (χ4v) is 3.82. The number of piperazine rings is 1. The summed E-state index contributed by atoms with van der Waals surface area (Å²) in [4.78, 5) is 32.4. The predicted molar refractivity (Wildman–Crippen MR) is 104 cm³/mol. The van der Waals surface area contributed by atoms with Crippen molar-refractivity contribution in [3.8, 4) is 0 Å². The van der Waals surface area contributed by atoms with Crippen LogP contribution in [0.4, 0.5) is 4.39 Å². The van der Waals surface area contributed by atoms with Gasteiger partial charge in [-0.1, -0.05) is 17.7 Å². The van der Waals surface area contributed by atoms with E-state index in [0.29, 0.717) is 42.7 Å². The van der Waals surface area contributed by atoms with Crippen LogP contribution >= 0.6 is 23.4 Å². The summed E-state index contributed by atoms with van der Waals surface area (Å²) < 4.78 is 13.9. The summed E-state index contributed by atoms with van der Waals surface area (Å²) in [5.41, 5.74) is 0.905. The van der Waals surface area contributed by atoms with E-state index in [1.807, 2.05) is 18.2 Å². The van der Waals surface area contributed by atoms with Gasteiger partial charge in [-0.05, 0) is 30.3 Å². The minimum absolute atomic E-state index is 0.0341. The first-order chi connectivity index (χ1) is 13.0. The maximum absolute atomic E-state index is 13.9. The Morgan fingerprint density at radius 2 is 1.85 bits per heavy atom. The molecule has 1 fully saturated rings. The molecule has 1 aromatic carbocycles. The van der Waals surface area contributed by atoms with Gasteiger partial charge in [-0.3, -0.25) is 14.6 Å². The summed E-state index contributed by atoms with van der Waals surface area (Å²) in [6.45, 7) is 1.64. The van der Waals surface area contributed by atoms with Gasteiger partial charge >= 0.3 is 0 Å². The molecule has 0 radical (unpaired) electrons. The van der Waals surface area contributed by atoms with Crippen molar-refractivity contribution in [1.82, 2.24) is 14.8 Å². The van der Waals surface area contributed by atoms with Crippen LogP contribution in [0, 0.1) is 5.82 Å². The van der Waals surface area contributed by atoms with Gasteiger partial charge in [0.2, 0.25) is 5.91 Å². The van der Waals surface area contributed by atoms with Gasteiger partial charge in [-0.2, -0.15) is 0 Å². The minimum atomic E-state index is -0.589.